The summed E-state index contributed by atoms with van der Waals surface area (Å²) in [5, 5.41) is 17.3. The molecule has 2 rings (SSSR count). The predicted octanol–water partition coefficient (Wildman–Crippen LogP) is 7.67. The van der Waals surface area contributed by atoms with Gasteiger partial charge in [0, 0.05) is 0 Å². The smallest absolute Gasteiger partial charge is 0.115 e. The van der Waals surface area contributed by atoms with Crippen LogP contribution in [-0.2, 0) is 0 Å². The zero-order chi connectivity index (χ0) is 19.6. The number of hydrogen-bond acceptors (Lipinski definition) is 2. The van der Waals surface area contributed by atoms with Crippen LogP contribution in [0.3, 0.4) is 0 Å². The first-order valence-electron chi connectivity index (χ1n) is 9.10. The number of aromatic hydroxyl groups is 2. The van der Waals surface area contributed by atoms with Gasteiger partial charge in [-0.1, -0.05) is 105 Å². The largest absolute Gasteiger partial charge is 0.508 e. The number of benzene rings is 2. The van der Waals surface area contributed by atoms with Crippen molar-refractivity contribution < 1.29 is 10.2 Å². The summed E-state index contributed by atoms with van der Waals surface area (Å²) in [4.78, 5) is 0. The quantitative estimate of drug-likeness (QED) is 0.518. The fourth-order valence-corrected chi connectivity index (χ4v) is 0.856. The standard InChI is InChI=1S/2C6H6O.2C3H8.2C2H6/c2*7-6-4-2-1-3-5-6;2*1-3-2;2*1-2/h2*1-5,7H;2*3H2,1-2H3;2*1-2H3. The highest BCUT2D eigenvalue weighted by atomic mass is 16.3. The van der Waals surface area contributed by atoms with Crippen molar-refractivity contribution in [1.82, 2.24) is 0 Å². The Morgan fingerprint density at radius 1 is 0.500 bits per heavy atom. The first-order chi connectivity index (χ1) is 11.6. The molecule has 0 aliphatic rings. The summed E-state index contributed by atoms with van der Waals surface area (Å²) in [7, 11) is 0. The molecule has 0 atom stereocenters. The molecule has 0 aliphatic carbocycles. The van der Waals surface area contributed by atoms with Gasteiger partial charge in [-0.3, -0.25) is 0 Å². The molecule has 0 amide bonds. The van der Waals surface area contributed by atoms with Gasteiger partial charge in [0.15, 0.2) is 0 Å². The van der Waals surface area contributed by atoms with Gasteiger partial charge in [-0.25, -0.2) is 0 Å². The van der Waals surface area contributed by atoms with Crippen LogP contribution in [0.25, 0.3) is 0 Å². The van der Waals surface area contributed by atoms with Gasteiger partial charge < -0.3 is 10.2 Å². The third kappa shape index (κ3) is 36.9. The van der Waals surface area contributed by atoms with Gasteiger partial charge >= 0.3 is 0 Å². The maximum absolute atomic E-state index is 8.63. The van der Waals surface area contributed by atoms with Crippen molar-refractivity contribution in [1.29, 1.82) is 0 Å². The average molecular weight is 337 g/mol. The van der Waals surface area contributed by atoms with Gasteiger partial charge in [0.2, 0.25) is 0 Å². The molecule has 0 unspecified atom stereocenters. The molecular weight excluding hydrogens is 296 g/mol. The zero-order valence-corrected chi connectivity index (χ0v) is 17.1. The van der Waals surface area contributed by atoms with Gasteiger partial charge in [0.1, 0.15) is 11.5 Å². The van der Waals surface area contributed by atoms with E-state index in [0.29, 0.717) is 11.5 Å². The molecule has 0 heterocycles. The van der Waals surface area contributed by atoms with Crippen molar-refractivity contribution in [3.05, 3.63) is 60.7 Å². The third-order valence-corrected chi connectivity index (χ3v) is 1.51. The Morgan fingerprint density at radius 2 is 0.667 bits per heavy atom. The van der Waals surface area contributed by atoms with E-state index in [1.54, 1.807) is 48.5 Å². The highest BCUT2D eigenvalue weighted by Gasteiger charge is 1.75. The summed E-state index contributed by atoms with van der Waals surface area (Å²) in [6.45, 7) is 16.5. The van der Waals surface area contributed by atoms with Crippen LogP contribution < -0.4 is 0 Å². The molecule has 2 heteroatoms. The Bertz CT molecular complexity index is 332. The number of phenols is 2. The van der Waals surface area contributed by atoms with E-state index in [9.17, 15) is 0 Å². The van der Waals surface area contributed by atoms with Crippen molar-refractivity contribution in [3.8, 4) is 11.5 Å². The first-order valence-corrected chi connectivity index (χ1v) is 9.10. The molecule has 0 aromatic heterocycles. The molecular formula is C22H40O2. The van der Waals surface area contributed by atoms with E-state index in [2.05, 4.69) is 27.7 Å². The summed E-state index contributed by atoms with van der Waals surface area (Å²) in [5.41, 5.74) is 0. The van der Waals surface area contributed by atoms with E-state index >= 15 is 0 Å². The van der Waals surface area contributed by atoms with Crippen LogP contribution in [0.15, 0.2) is 60.7 Å². The monoisotopic (exact) mass is 336 g/mol. The van der Waals surface area contributed by atoms with E-state index in [0.717, 1.165) is 0 Å². The molecule has 2 aromatic rings. The van der Waals surface area contributed by atoms with Crippen molar-refractivity contribution in [3.63, 3.8) is 0 Å². The minimum Gasteiger partial charge on any atom is -0.508 e. The Hall–Kier alpha value is -1.96. The average Bonchev–Trinajstić information content (AvgIpc) is 2.62. The highest BCUT2D eigenvalue weighted by molar-refractivity contribution is 5.19. The third-order valence-electron chi connectivity index (χ3n) is 1.51. The van der Waals surface area contributed by atoms with Crippen LogP contribution in [0.1, 0.15) is 68.2 Å². The molecule has 0 saturated carbocycles. The number of rotatable bonds is 0. The van der Waals surface area contributed by atoms with Crippen LogP contribution in [0.4, 0.5) is 0 Å². The van der Waals surface area contributed by atoms with Gasteiger partial charge in [0.05, 0.1) is 0 Å². The van der Waals surface area contributed by atoms with Gasteiger partial charge in [-0.2, -0.15) is 0 Å². The lowest BCUT2D eigenvalue weighted by atomic mass is 10.3. The van der Waals surface area contributed by atoms with E-state index in [4.69, 9.17) is 10.2 Å². The van der Waals surface area contributed by atoms with Crippen molar-refractivity contribution >= 4 is 0 Å². The second-order valence-electron chi connectivity index (χ2n) is 4.09. The predicted molar refractivity (Wildman–Crippen MR) is 111 cm³/mol. The fraction of sp³-hybridized carbons (Fsp3) is 0.455. The molecule has 140 valence electrons. The topological polar surface area (TPSA) is 40.5 Å². The molecule has 0 bridgehead atoms. The molecule has 24 heavy (non-hydrogen) atoms. The highest BCUT2D eigenvalue weighted by Crippen LogP contribution is 2.03. The molecule has 0 aliphatic heterocycles. The Morgan fingerprint density at radius 3 is 0.750 bits per heavy atom. The summed E-state index contributed by atoms with van der Waals surface area (Å²) >= 11 is 0. The number of para-hydroxylation sites is 2. The molecule has 0 saturated heterocycles. The summed E-state index contributed by atoms with van der Waals surface area (Å²) in [6, 6.07) is 17.4. The fourth-order valence-electron chi connectivity index (χ4n) is 0.856. The van der Waals surface area contributed by atoms with Crippen LogP contribution in [-0.4, -0.2) is 10.2 Å². The van der Waals surface area contributed by atoms with Crippen LogP contribution in [0.5, 0.6) is 11.5 Å². The maximum Gasteiger partial charge on any atom is 0.115 e. The Labute approximate surface area is 151 Å². The molecule has 2 aromatic carbocycles. The summed E-state index contributed by atoms with van der Waals surface area (Å²) in [5.74, 6) is 0.644. The first kappa shape index (κ1) is 30.0. The molecule has 0 fully saturated rings. The van der Waals surface area contributed by atoms with E-state index < -0.39 is 0 Å². The SMILES string of the molecule is CC.CC.CCC.CCC.Oc1ccccc1.Oc1ccccc1. The van der Waals surface area contributed by atoms with Crippen molar-refractivity contribution in [2.75, 3.05) is 0 Å². The van der Waals surface area contributed by atoms with Crippen LogP contribution in [0.2, 0.25) is 0 Å². The van der Waals surface area contributed by atoms with E-state index in [1.807, 2.05) is 39.8 Å². The maximum atomic E-state index is 8.63. The van der Waals surface area contributed by atoms with Crippen molar-refractivity contribution in [2.45, 2.75) is 68.2 Å². The molecule has 2 N–H and O–H groups in total. The molecule has 0 radical (unpaired) electrons. The minimum atomic E-state index is 0.322. The van der Waals surface area contributed by atoms with E-state index in [1.165, 1.54) is 12.8 Å². The Balaban J connectivity index is -0.000000110. The minimum absolute atomic E-state index is 0.322. The zero-order valence-electron chi connectivity index (χ0n) is 17.1. The molecule has 2 nitrogen and oxygen atoms in total. The lowest BCUT2D eigenvalue weighted by Crippen LogP contribution is -1.56. The second-order valence-corrected chi connectivity index (χ2v) is 4.09. The Kier molecular flexibility index (Phi) is 41.0. The van der Waals surface area contributed by atoms with Gasteiger partial charge in [-0.15, -0.1) is 0 Å². The second kappa shape index (κ2) is 32.8. The molecule has 0 spiro atoms. The number of hydrogen-bond donors (Lipinski definition) is 2. The summed E-state index contributed by atoms with van der Waals surface area (Å²) in [6.07, 6.45) is 2.50. The van der Waals surface area contributed by atoms with Crippen LogP contribution >= 0.6 is 0 Å². The van der Waals surface area contributed by atoms with Crippen LogP contribution in [0, 0.1) is 0 Å². The summed E-state index contributed by atoms with van der Waals surface area (Å²) < 4.78 is 0. The number of phenolic OH excluding ortho intramolecular Hbond substituents is 2. The van der Waals surface area contributed by atoms with Gasteiger partial charge in [-0.05, 0) is 24.3 Å². The lowest BCUT2D eigenvalue weighted by Gasteiger charge is -1.82. The van der Waals surface area contributed by atoms with E-state index in [-0.39, 0.29) is 0 Å². The van der Waals surface area contributed by atoms with Gasteiger partial charge in [0.25, 0.3) is 0 Å². The normalized spacial score (nSPS) is 7.00. The van der Waals surface area contributed by atoms with Crippen molar-refractivity contribution in [2.24, 2.45) is 0 Å². The lowest BCUT2D eigenvalue weighted by molar-refractivity contribution is 0.475.